The smallest absolute Gasteiger partial charge is 0.339 e. The van der Waals surface area contributed by atoms with Gasteiger partial charge in [-0.3, -0.25) is 14.9 Å². The van der Waals surface area contributed by atoms with Crippen LogP contribution in [0.1, 0.15) is 39.7 Å². The summed E-state index contributed by atoms with van der Waals surface area (Å²) in [6.07, 6.45) is -0.818. The van der Waals surface area contributed by atoms with Gasteiger partial charge in [0.05, 0.1) is 15.9 Å². The number of carbonyl (C=O) groups is 1. The second-order valence-electron chi connectivity index (χ2n) is 5.77. The zero-order valence-corrected chi connectivity index (χ0v) is 15.0. The Bertz CT molecular complexity index is 1090. The fourth-order valence-electron chi connectivity index (χ4n) is 2.49. The molecule has 134 valence electrons. The molecule has 0 amide bonds. The van der Waals surface area contributed by atoms with Crippen molar-refractivity contribution < 1.29 is 14.5 Å². The topological polar surface area (TPSA) is 115 Å². The summed E-state index contributed by atoms with van der Waals surface area (Å²) in [5, 5.41) is 11.4. The van der Waals surface area contributed by atoms with Crippen molar-refractivity contribution in [2.75, 3.05) is 0 Å². The van der Waals surface area contributed by atoms with Gasteiger partial charge in [0, 0.05) is 17.0 Å². The number of hydrogen-bond acceptors (Lipinski definition) is 7. The second kappa shape index (κ2) is 6.68. The Labute approximate surface area is 151 Å². The van der Waals surface area contributed by atoms with Crippen LogP contribution in [-0.2, 0) is 4.74 Å². The van der Waals surface area contributed by atoms with E-state index in [0.29, 0.717) is 10.2 Å². The number of hydrogen-bond donors (Lipinski definition) is 1. The van der Waals surface area contributed by atoms with Crippen LogP contribution < -0.4 is 5.56 Å². The maximum atomic E-state index is 12.3. The molecule has 1 aromatic carbocycles. The van der Waals surface area contributed by atoms with Crippen molar-refractivity contribution in [3.63, 3.8) is 0 Å². The number of H-pyrrole nitrogens is 1. The van der Waals surface area contributed by atoms with E-state index in [-0.39, 0.29) is 22.6 Å². The van der Waals surface area contributed by atoms with Crippen LogP contribution >= 0.6 is 11.3 Å². The quantitative estimate of drug-likeness (QED) is 0.425. The molecule has 0 saturated heterocycles. The van der Waals surface area contributed by atoms with E-state index in [1.807, 2.05) is 13.8 Å². The Balaban J connectivity index is 1.88. The number of nitro benzene ring substituents is 1. The first-order valence-corrected chi connectivity index (χ1v) is 8.55. The number of fused-ring (bicyclic) bond motifs is 1. The Morgan fingerprint density at radius 3 is 2.81 bits per heavy atom. The molecule has 2 heterocycles. The summed E-state index contributed by atoms with van der Waals surface area (Å²) < 4.78 is 5.31. The van der Waals surface area contributed by atoms with Crippen LogP contribution in [0.5, 0.6) is 0 Å². The standard InChI is InChI=1S/C17H15N3O5S/c1-8-10(3)26-16-13(8)15(21)18-14(19-16)9(2)25-17(22)11-5-4-6-12(7-11)20(23)24/h4-7,9H,1-3H3,(H,18,19,21)/t9-/m0/s1. The van der Waals surface area contributed by atoms with Crippen molar-refractivity contribution in [1.29, 1.82) is 0 Å². The molecule has 1 atom stereocenters. The summed E-state index contributed by atoms with van der Waals surface area (Å²) in [5.74, 6) is -0.509. The summed E-state index contributed by atoms with van der Waals surface area (Å²) in [7, 11) is 0. The Morgan fingerprint density at radius 1 is 1.38 bits per heavy atom. The van der Waals surface area contributed by atoms with Crippen molar-refractivity contribution in [1.82, 2.24) is 9.97 Å². The molecule has 0 saturated carbocycles. The summed E-state index contributed by atoms with van der Waals surface area (Å²) in [6.45, 7) is 5.34. The van der Waals surface area contributed by atoms with Gasteiger partial charge in [-0.1, -0.05) is 6.07 Å². The lowest BCUT2D eigenvalue weighted by molar-refractivity contribution is -0.384. The first-order chi connectivity index (χ1) is 12.3. The van der Waals surface area contributed by atoms with Gasteiger partial charge in [-0.05, 0) is 32.4 Å². The van der Waals surface area contributed by atoms with Gasteiger partial charge in [-0.2, -0.15) is 0 Å². The van der Waals surface area contributed by atoms with Crippen LogP contribution in [0, 0.1) is 24.0 Å². The van der Waals surface area contributed by atoms with Crippen molar-refractivity contribution in [2.24, 2.45) is 0 Å². The molecule has 0 fully saturated rings. The average molecular weight is 373 g/mol. The SMILES string of the molecule is Cc1sc2nc([C@H](C)OC(=O)c3cccc([N+](=O)[O-])c3)[nH]c(=O)c2c1C. The van der Waals surface area contributed by atoms with Gasteiger partial charge in [0.15, 0.2) is 11.9 Å². The summed E-state index contributed by atoms with van der Waals surface area (Å²) in [4.78, 5) is 43.4. The summed E-state index contributed by atoms with van der Waals surface area (Å²) >= 11 is 1.40. The molecule has 26 heavy (non-hydrogen) atoms. The fourth-order valence-corrected chi connectivity index (χ4v) is 3.53. The van der Waals surface area contributed by atoms with Gasteiger partial charge >= 0.3 is 5.97 Å². The normalized spacial score (nSPS) is 12.1. The van der Waals surface area contributed by atoms with Crippen LogP contribution in [0.25, 0.3) is 10.2 Å². The molecule has 9 heteroatoms. The number of carbonyl (C=O) groups excluding carboxylic acids is 1. The third-order valence-electron chi connectivity index (χ3n) is 4.02. The van der Waals surface area contributed by atoms with Crippen LogP contribution in [0.4, 0.5) is 5.69 Å². The maximum absolute atomic E-state index is 12.3. The number of nitrogens with zero attached hydrogens (tertiary/aromatic N) is 2. The van der Waals surface area contributed by atoms with Crippen molar-refractivity contribution in [3.8, 4) is 0 Å². The predicted molar refractivity (Wildman–Crippen MR) is 96.6 cm³/mol. The van der Waals surface area contributed by atoms with Crippen LogP contribution in [0.3, 0.4) is 0 Å². The minimum Gasteiger partial charge on any atom is -0.451 e. The molecule has 1 N–H and O–H groups in total. The van der Waals surface area contributed by atoms with Crippen molar-refractivity contribution in [3.05, 3.63) is 66.6 Å². The lowest BCUT2D eigenvalue weighted by Gasteiger charge is -2.12. The Kier molecular flexibility index (Phi) is 4.56. The molecule has 8 nitrogen and oxygen atoms in total. The third-order valence-corrected chi connectivity index (χ3v) is 5.12. The lowest BCUT2D eigenvalue weighted by atomic mass is 10.2. The van der Waals surface area contributed by atoms with Crippen LogP contribution in [-0.4, -0.2) is 20.9 Å². The first kappa shape index (κ1) is 17.7. The second-order valence-corrected chi connectivity index (χ2v) is 6.97. The van der Waals surface area contributed by atoms with Gasteiger partial charge in [0.2, 0.25) is 0 Å². The van der Waals surface area contributed by atoms with Gasteiger partial charge in [-0.25, -0.2) is 9.78 Å². The molecule has 3 rings (SSSR count). The molecule has 0 aliphatic carbocycles. The van der Waals surface area contributed by atoms with Crippen LogP contribution in [0.15, 0.2) is 29.1 Å². The van der Waals surface area contributed by atoms with E-state index in [1.165, 1.54) is 29.5 Å². The molecule has 0 aliphatic rings. The zero-order chi connectivity index (χ0) is 19.0. The minimum absolute atomic E-state index is 0.0530. The molecule has 0 bridgehead atoms. The van der Waals surface area contributed by atoms with E-state index < -0.39 is 17.0 Å². The number of aryl methyl sites for hydroxylation is 2. The highest BCUT2D eigenvalue weighted by atomic mass is 32.1. The van der Waals surface area contributed by atoms with Gasteiger partial charge in [0.1, 0.15) is 4.83 Å². The molecule has 0 spiro atoms. The first-order valence-electron chi connectivity index (χ1n) is 7.73. The van der Waals surface area contributed by atoms with E-state index in [1.54, 1.807) is 6.92 Å². The number of nitrogens with one attached hydrogen (secondary N) is 1. The van der Waals surface area contributed by atoms with Gasteiger partial charge in [0.25, 0.3) is 11.2 Å². The van der Waals surface area contributed by atoms with E-state index in [2.05, 4.69) is 9.97 Å². The maximum Gasteiger partial charge on any atom is 0.339 e. The molecule has 0 aliphatic heterocycles. The highest BCUT2D eigenvalue weighted by Crippen LogP contribution is 2.27. The highest BCUT2D eigenvalue weighted by molar-refractivity contribution is 7.18. The van der Waals surface area contributed by atoms with Gasteiger partial charge < -0.3 is 9.72 Å². The lowest BCUT2D eigenvalue weighted by Crippen LogP contribution is -2.17. The molecule has 2 aromatic heterocycles. The largest absolute Gasteiger partial charge is 0.451 e. The van der Waals surface area contributed by atoms with Crippen LogP contribution in [0.2, 0.25) is 0 Å². The summed E-state index contributed by atoms with van der Waals surface area (Å²) in [6, 6.07) is 5.26. The number of nitro groups is 1. The van der Waals surface area contributed by atoms with Crippen molar-refractivity contribution >= 4 is 33.2 Å². The van der Waals surface area contributed by atoms with E-state index in [9.17, 15) is 19.7 Å². The number of rotatable bonds is 4. The predicted octanol–water partition coefficient (Wildman–Crippen LogP) is 3.43. The number of aromatic nitrogens is 2. The number of non-ortho nitro benzene ring substituents is 1. The number of ether oxygens (including phenoxy) is 1. The number of aromatic amines is 1. The third kappa shape index (κ3) is 3.21. The van der Waals surface area contributed by atoms with E-state index in [4.69, 9.17) is 4.74 Å². The van der Waals surface area contributed by atoms with E-state index in [0.717, 1.165) is 16.5 Å². The minimum atomic E-state index is -0.818. The highest BCUT2D eigenvalue weighted by Gasteiger charge is 2.20. The molecule has 3 aromatic rings. The van der Waals surface area contributed by atoms with Gasteiger partial charge in [-0.15, -0.1) is 11.3 Å². The Morgan fingerprint density at radius 2 is 2.12 bits per heavy atom. The average Bonchev–Trinajstić information content (AvgIpc) is 2.89. The number of esters is 1. The number of benzene rings is 1. The molecular formula is C17H15N3O5S. The van der Waals surface area contributed by atoms with E-state index >= 15 is 0 Å². The Hall–Kier alpha value is -3.07. The monoisotopic (exact) mass is 373 g/mol. The fraction of sp³-hybridized carbons (Fsp3) is 0.235. The zero-order valence-electron chi connectivity index (χ0n) is 14.2. The summed E-state index contributed by atoms with van der Waals surface area (Å²) in [5.41, 5.74) is 0.443. The van der Waals surface area contributed by atoms with Crippen molar-refractivity contribution in [2.45, 2.75) is 26.9 Å². The number of thiophene rings is 1. The molecule has 0 unspecified atom stereocenters. The molecular weight excluding hydrogens is 358 g/mol. The molecule has 0 radical (unpaired) electrons.